The van der Waals surface area contributed by atoms with E-state index in [1.165, 1.54) is 17.3 Å². The second-order valence-electron chi connectivity index (χ2n) is 5.93. The molecule has 2 aromatic carbocycles. The zero-order valence-electron chi connectivity index (χ0n) is 12.4. The second-order valence-corrected chi connectivity index (χ2v) is 7.84. The predicted octanol–water partition coefficient (Wildman–Crippen LogP) is 5.50. The molecule has 0 saturated carbocycles. The van der Waals surface area contributed by atoms with Crippen molar-refractivity contribution < 1.29 is 4.39 Å². The third-order valence-corrected chi connectivity index (χ3v) is 5.20. The van der Waals surface area contributed by atoms with Gasteiger partial charge in [-0.15, -0.1) is 0 Å². The van der Waals surface area contributed by atoms with Gasteiger partial charge in [0, 0.05) is 16.3 Å². The van der Waals surface area contributed by atoms with Crippen LogP contribution in [0.3, 0.4) is 0 Å². The van der Waals surface area contributed by atoms with Crippen LogP contribution in [0.1, 0.15) is 31.9 Å². The van der Waals surface area contributed by atoms with Crippen LogP contribution < -0.4 is 5.73 Å². The Morgan fingerprint density at radius 3 is 2.24 bits per heavy atom. The van der Waals surface area contributed by atoms with Gasteiger partial charge in [-0.2, -0.15) is 0 Å². The molecule has 0 amide bonds. The fourth-order valence-corrected chi connectivity index (χ4v) is 3.45. The van der Waals surface area contributed by atoms with Crippen LogP contribution in [0.2, 0.25) is 0 Å². The Balaban J connectivity index is 2.25. The van der Waals surface area contributed by atoms with Crippen LogP contribution in [0.25, 0.3) is 0 Å². The van der Waals surface area contributed by atoms with Gasteiger partial charge in [0.25, 0.3) is 0 Å². The van der Waals surface area contributed by atoms with Crippen molar-refractivity contribution in [2.75, 3.05) is 0 Å². The standard InChI is InChI=1S/C17H19BrFNS/c1-17(2,3)12-5-7-13(8-6-12)21-14-9-4-11(10-20)15(18)16(14)19/h4-9H,10,20H2,1-3H3. The predicted molar refractivity (Wildman–Crippen MR) is 91.3 cm³/mol. The van der Waals surface area contributed by atoms with Gasteiger partial charge in [-0.1, -0.05) is 50.7 Å². The minimum absolute atomic E-state index is 0.125. The molecular formula is C17H19BrFNS. The number of nitrogens with two attached hydrogens (primary N) is 1. The Hall–Kier alpha value is -0.840. The van der Waals surface area contributed by atoms with Gasteiger partial charge in [-0.25, -0.2) is 4.39 Å². The Bertz CT molecular complexity index is 632. The van der Waals surface area contributed by atoms with Crippen molar-refractivity contribution in [2.45, 2.75) is 42.5 Å². The zero-order valence-corrected chi connectivity index (χ0v) is 14.8. The number of rotatable bonds is 3. The van der Waals surface area contributed by atoms with Crippen LogP contribution in [0.15, 0.2) is 50.7 Å². The van der Waals surface area contributed by atoms with E-state index in [-0.39, 0.29) is 11.2 Å². The van der Waals surface area contributed by atoms with Gasteiger partial charge in [0.1, 0.15) is 0 Å². The van der Waals surface area contributed by atoms with Crippen LogP contribution in [0, 0.1) is 5.82 Å². The molecule has 1 nitrogen and oxygen atoms in total. The lowest BCUT2D eigenvalue weighted by Crippen LogP contribution is -2.10. The molecule has 112 valence electrons. The molecule has 0 spiro atoms. The summed E-state index contributed by atoms with van der Waals surface area (Å²) < 4.78 is 14.7. The van der Waals surface area contributed by atoms with Crippen molar-refractivity contribution in [3.8, 4) is 0 Å². The molecule has 0 fully saturated rings. The first kappa shape index (κ1) is 16.5. The number of hydrogen-bond donors (Lipinski definition) is 1. The maximum Gasteiger partial charge on any atom is 0.151 e. The topological polar surface area (TPSA) is 26.0 Å². The fourth-order valence-electron chi connectivity index (χ4n) is 1.96. The van der Waals surface area contributed by atoms with E-state index in [2.05, 4.69) is 48.8 Å². The van der Waals surface area contributed by atoms with E-state index in [4.69, 9.17) is 5.73 Å². The van der Waals surface area contributed by atoms with Crippen LogP contribution in [-0.4, -0.2) is 0 Å². The first-order valence-corrected chi connectivity index (χ1v) is 8.39. The molecule has 21 heavy (non-hydrogen) atoms. The summed E-state index contributed by atoms with van der Waals surface area (Å²) in [6, 6.07) is 11.9. The van der Waals surface area contributed by atoms with Gasteiger partial charge >= 0.3 is 0 Å². The summed E-state index contributed by atoms with van der Waals surface area (Å²) in [5.41, 5.74) is 7.75. The van der Waals surface area contributed by atoms with Gasteiger partial charge in [0.2, 0.25) is 0 Å². The number of halogens is 2. The molecule has 0 saturated heterocycles. The number of benzene rings is 2. The number of hydrogen-bond acceptors (Lipinski definition) is 2. The lowest BCUT2D eigenvalue weighted by Gasteiger charge is -2.19. The lowest BCUT2D eigenvalue weighted by atomic mass is 9.87. The molecule has 0 bridgehead atoms. The molecule has 0 aromatic heterocycles. The Morgan fingerprint density at radius 1 is 1.10 bits per heavy atom. The van der Waals surface area contributed by atoms with E-state index in [9.17, 15) is 4.39 Å². The summed E-state index contributed by atoms with van der Waals surface area (Å²) in [6.07, 6.45) is 0. The molecule has 4 heteroatoms. The summed E-state index contributed by atoms with van der Waals surface area (Å²) in [6.45, 7) is 6.86. The Kier molecular flexibility index (Phi) is 5.12. The van der Waals surface area contributed by atoms with Gasteiger partial charge in [-0.05, 0) is 50.7 Å². The normalized spacial score (nSPS) is 11.7. The van der Waals surface area contributed by atoms with Crippen LogP contribution in [-0.2, 0) is 12.0 Å². The summed E-state index contributed by atoms with van der Waals surface area (Å²) in [7, 11) is 0. The van der Waals surface area contributed by atoms with Gasteiger partial charge in [0.05, 0.1) is 4.47 Å². The summed E-state index contributed by atoms with van der Waals surface area (Å²) in [5.74, 6) is -0.247. The van der Waals surface area contributed by atoms with E-state index < -0.39 is 0 Å². The van der Waals surface area contributed by atoms with E-state index in [0.717, 1.165) is 10.5 Å². The first-order valence-electron chi connectivity index (χ1n) is 6.78. The zero-order chi connectivity index (χ0) is 15.6. The molecule has 0 aliphatic heterocycles. The van der Waals surface area contributed by atoms with Crippen molar-refractivity contribution >= 4 is 27.7 Å². The summed E-state index contributed by atoms with van der Waals surface area (Å²) in [5, 5.41) is 0. The highest BCUT2D eigenvalue weighted by molar-refractivity contribution is 9.10. The highest BCUT2D eigenvalue weighted by Gasteiger charge is 2.14. The van der Waals surface area contributed by atoms with Crippen molar-refractivity contribution in [2.24, 2.45) is 5.73 Å². The molecule has 0 atom stereocenters. The quantitative estimate of drug-likeness (QED) is 0.775. The molecule has 0 heterocycles. The minimum atomic E-state index is -0.247. The highest BCUT2D eigenvalue weighted by atomic mass is 79.9. The van der Waals surface area contributed by atoms with Gasteiger partial charge in [-0.3, -0.25) is 0 Å². The largest absolute Gasteiger partial charge is 0.326 e. The molecule has 0 aliphatic rings. The van der Waals surface area contributed by atoms with Crippen LogP contribution in [0.5, 0.6) is 0 Å². The van der Waals surface area contributed by atoms with Crippen LogP contribution in [0.4, 0.5) is 4.39 Å². The SMILES string of the molecule is CC(C)(C)c1ccc(Sc2ccc(CN)c(Br)c2F)cc1. The van der Waals surface area contributed by atoms with Crippen LogP contribution >= 0.6 is 27.7 Å². The van der Waals surface area contributed by atoms with Crippen molar-refractivity contribution in [3.05, 3.63) is 57.8 Å². The van der Waals surface area contributed by atoms with Crippen molar-refractivity contribution in [1.29, 1.82) is 0 Å². The molecule has 2 aromatic rings. The van der Waals surface area contributed by atoms with Crippen molar-refractivity contribution in [1.82, 2.24) is 0 Å². The van der Waals surface area contributed by atoms with Gasteiger partial charge < -0.3 is 5.73 Å². The van der Waals surface area contributed by atoms with E-state index >= 15 is 0 Å². The summed E-state index contributed by atoms with van der Waals surface area (Å²) >= 11 is 4.70. The molecule has 0 radical (unpaired) electrons. The molecule has 0 aliphatic carbocycles. The maximum atomic E-state index is 14.3. The van der Waals surface area contributed by atoms with E-state index in [0.29, 0.717) is 15.9 Å². The maximum absolute atomic E-state index is 14.3. The third-order valence-electron chi connectivity index (χ3n) is 3.29. The molecule has 0 unspecified atom stereocenters. The lowest BCUT2D eigenvalue weighted by molar-refractivity contribution is 0.589. The van der Waals surface area contributed by atoms with E-state index in [1.807, 2.05) is 18.2 Å². The fraction of sp³-hybridized carbons (Fsp3) is 0.294. The Labute approximate surface area is 138 Å². The summed E-state index contributed by atoms with van der Waals surface area (Å²) in [4.78, 5) is 1.62. The average molecular weight is 368 g/mol. The molecular weight excluding hydrogens is 349 g/mol. The first-order chi connectivity index (χ1) is 9.82. The second kappa shape index (κ2) is 6.51. The molecule has 2 rings (SSSR count). The minimum Gasteiger partial charge on any atom is -0.326 e. The smallest absolute Gasteiger partial charge is 0.151 e. The monoisotopic (exact) mass is 367 g/mol. The average Bonchev–Trinajstić information content (AvgIpc) is 2.44. The van der Waals surface area contributed by atoms with Crippen molar-refractivity contribution in [3.63, 3.8) is 0 Å². The van der Waals surface area contributed by atoms with E-state index in [1.54, 1.807) is 6.07 Å². The molecule has 2 N–H and O–H groups in total. The van der Waals surface area contributed by atoms with Gasteiger partial charge in [0.15, 0.2) is 5.82 Å². The Morgan fingerprint density at radius 2 is 1.71 bits per heavy atom. The highest BCUT2D eigenvalue weighted by Crippen LogP contribution is 2.35. The third kappa shape index (κ3) is 3.87.